The lowest BCUT2D eigenvalue weighted by Gasteiger charge is -2.13. The number of nitrogens with one attached hydrogen (secondary N) is 1. The molecular weight excluding hydrogens is 306 g/mol. The summed E-state index contributed by atoms with van der Waals surface area (Å²) in [4.78, 5) is 10.8. The number of benzene rings is 1. The topological polar surface area (TPSA) is 97.4 Å². The molecule has 0 aliphatic rings. The van der Waals surface area contributed by atoms with Gasteiger partial charge in [0, 0.05) is 13.0 Å². The molecule has 0 saturated heterocycles. The van der Waals surface area contributed by atoms with E-state index in [1.165, 1.54) is 7.11 Å². The van der Waals surface area contributed by atoms with Crippen LogP contribution < -0.4 is 20.5 Å². The minimum absolute atomic E-state index is 0.257. The SMILES string of the molecule is COc1cc(CNCCCCC#N)cc(Cl)c1OCC(N)=O. The highest BCUT2D eigenvalue weighted by Crippen LogP contribution is 2.36. The molecule has 7 heteroatoms. The number of amides is 1. The first kappa shape index (κ1) is 18.1. The first-order valence-corrected chi connectivity index (χ1v) is 7.31. The third kappa shape index (κ3) is 6.20. The van der Waals surface area contributed by atoms with Gasteiger partial charge in [-0.3, -0.25) is 4.79 Å². The molecule has 1 amide bonds. The Labute approximate surface area is 135 Å². The average Bonchev–Trinajstić information content (AvgIpc) is 2.48. The van der Waals surface area contributed by atoms with Gasteiger partial charge in [-0.1, -0.05) is 11.6 Å². The number of primary amides is 1. The number of nitrogens with two attached hydrogens (primary N) is 1. The maximum atomic E-state index is 10.8. The molecular formula is C15H20ClN3O3. The Hall–Kier alpha value is -1.97. The number of carbonyl (C=O) groups excluding carboxylic acids is 1. The van der Waals surface area contributed by atoms with Gasteiger partial charge in [0.25, 0.3) is 5.91 Å². The Morgan fingerprint density at radius 3 is 2.86 bits per heavy atom. The normalized spacial score (nSPS) is 10.0. The standard InChI is InChI=1S/C15H20ClN3O3/c1-21-13-8-11(9-19-6-4-2-3-5-17)7-12(16)15(13)22-10-14(18)20/h7-8,19H,2-4,6,9-10H2,1H3,(H2,18,20). The molecule has 3 N–H and O–H groups in total. The van der Waals surface area contributed by atoms with Gasteiger partial charge in [0.15, 0.2) is 18.1 Å². The van der Waals surface area contributed by atoms with E-state index in [-0.39, 0.29) is 6.61 Å². The monoisotopic (exact) mass is 325 g/mol. The molecule has 1 rings (SSSR count). The zero-order valence-corrected chi connectivity index (χ0v) is 13.3. The minimum atomic E-state index is -0.582. The summed E-state index contributed by atoms with van der Waals surface area (Å²) in [7, 11) is 1.50. The van der Waals surface area contributed by atoms with Crippen LogP contribution in [0.2, 0.25) is 5.02 Å². The summed E-state index contributed by atoms with van der Waals surface area (Å²) >= 11 is 6.16. The smallest absolute Gasteiger partial charge is 0.255 e. The number of carbonyl (C=O) groups is 1. The highest BCUT2D eigenvalue weighted by atomic mass is 35.5. The second-order valence-corrected chi connectivity index (χ2v) is 5.06. The van der Waals surface area contributed by atoms with Crippen molar-refractivity contribution >= 4 is 17.5 Å². The Balaban J connectivity index is 2.60. The molecule has 0 unspecified atom stereocenters. The number of methoxy groups -OCH3 is 1. The van der Waals surface area contributed by atoms with Gasteiger partial charge in [-0.05, 0) is 37.1 Å². The molecule has 0 fully saturated rings. The molecule has 1 aromatic carbocycles. The van der Waals surface area contributed by atoms with Crippen LogP contribution in [0.25, 0.3) is 0 Å². The lowest BCUT2D eigenvalue weighted by atomic mass is 10.2. The Bertz CT molecular complexity index is 544. The van der Waals surface area contributed by atoms with Gasteiger partial charge in [0.2, 0.25) is 0 Å². The van der Waals surface area contributed by atoms with E-state index >= 15 is 0 Å². The van der Waals surface area contributed by atoms with E-state index in [4.69, 9.17) is 32.1 Å². The third-order valence-corrected chi connectivity index (χ3v) is 3.15. The van der Waals surface area contributed by atoms with Crippen molar-refractivity contribution in [3.8, 4) is 17.6 Å². The van der Waals surface area contributed by atoms with E-state index in [9.17, 15) is 4.79 Å². The van der Waals surface area contributed by atoms with Crippen LogP contribution >= 0.6 is 11.6 Å². The molecule has 0 bridgehead atoms. The molecule has 1 aromatic rings. The molecule has 6 nitrogen and oxygen atoms in total. The molecule has 0 aromatic heterocycles. The average molecular weight is 326 g/mol. The molecule has 0 heterocycles. The summed E-state index contributed by atoms with van der Waals surface area (Å²) in [6.45, 7) is 1.19. The zero-order chi connectivity index (χ0) is 16.4. The first-order chi connectivity index (χ1) is 10.6. The Morgan fingerprint density at radius 2 is 2.23 bits per heavy atom. The van der Waals surface area contributed by atoms with E-state index in [0.29, 0.717) is 29.5 Å². The molecule has 0 atom stereocenters. The van der Waals surface area contributed by atoms with Crippen molar-refractivity contribution in [3.63, 3.8) is 0 Å². The number of rotatable bonds is 10. The molecule has 0 saturated carbocycles. The number of hydrogen-bond acceptors (Lipinski definition) is 5. The number of halogens is 1. The van der Waals surface area contributed by atoms with Crippen molar-refractivity contribution in [1.82, 2.24) is 5.32 Å². The summed E-state index contributed by atoms with van der Waals surface area (Å²) in [5.74, 6) is 0.178. The highest BCUT2D eigenvalue weighted by molar-refractivity contribution is 6.32. The summed E-state index contributed by atoms with van der Waals surface area (Å²) in [5.41, 5.74) is 5.99. The van der Waals surface area contributed by atoms with Crippen molar-refractivity contribution in [2.45, 2.75) is 25.8 Å². The predicted octanol–water partition coefficient (Wildman–Crippen LogP) is 2.00. The van der Waals surface area contributed by atoms with Gasteiger partial charge in [-0.2, -0.15) is 5.26 Å². The van der Waals surface area contributed by atoms with E-state index in [1.54, 1.807) is 12.1 Å². The number of hydrogen-bond donors (Lipinski definition) is 2. The van der Waals surface area contributed by atoms with E-state index < -0.39 is 5.91 Å². The molecule has 0 spiro atoms. The van der Waals surface area contributed by atoms with Gasteiger partial charge in [0.1, 0.15) is 0 Å². The lowest BCUT2D eigenvalue weighted by Crippen LogP contribution is -2.20. The van der Waals surface area contributed by atoms with Gasteiger partial charge in [-0.15, -0.1) is 0 Å². The van der Waals surface area contributed by atoms with Crippen molar-refractivity contribution < 1.29 is 14.3 Å². The Kier molecular flexibility index (Phi) is 8.11. The molecule has 0 aliphatic heterocycles. The van der Waals surface area contributed by atoms with Gasteiger partial charge in [0.05, 0.1) is 18.2 Å². The van der Waals surface area contributed by atoms with Crippen LogP contribution in [0.4, 0.5) is 0 Å². The van der Waals surface area contributed by atoms with Crippen molar-refractivity contribution in [2.75, 3.05) is 20.3 Å². The molecule has 120 valence electrons. The summed E-state index contributed by atoms with van der Waals surface area (Å²) in [6.07, 6.45) is 2.40. The highest BCUT2D eigenvalue weighted by Gasteiger charge is 2.13. The van der Waals surface area contributed by atoms with E-state index in [1.807, 2.05) is 0 Å². The molecule has 22 heavy (non-hydrogen) atoms. The van der Waals surface area contributed by atoms with Gasteiger partial charge < -0.3 is 20.5 Å². The van der Waals surface area contributed by atoms with Crippen LogP contribution in [0, 0.1) is 11.3 Å². The number of nitriles is 1. The Morgan fingerprint density at radius 1 is 1.45 bits per heavy atom. The zero-order valence-electron chi connectivity index (χ0n) is 12.5. The fourth-order valence-electron chi connectivity index (χ4n) is 1.85. The van der Waals surface area contributed by atoms with Crippen LogP contribution in [0.1, 0.15) is 24.8 Å². The van der Waals surface area contributed by atoms with Crippen LogP contribution in [0.5, 0.6) is 11.5 Å². The van der Waals surface area contributed by atoms with Gasteiger partial charge in [-0.25, -0.2) is 0 Å². The number of unbranched alkanes of at least 4 members (excludes halogenated alkanes) is 2. The first-order valence-electron chi connectivity index (χ1n) is 6.93. The quantitative estimate of drug-likeness (QED) is 0.641. The van der Waals surface area contributed by atoms with E-state index in [2.05, 4.69) is 11.4 Å². The van der Waals surface area contributed by atoms with Crippen LogP contribution in [-0.2, 0) is 11.3 Å². The van der Waals surface area contributed by atoms with Crippen LogP contribution in [0.15, 0.2) is 12.1 Å². The van der Waals surface area contributed by atoms with Crippen molar-refractivity contribution in [2.24, 2.45) is 5.73 Å². The fraction of sp³-hybridized carbons (Fsp3) is 0.467. The largest absolute Gasteiger partial charge is 0.493 e. The second kappa shape index (κ2) is 9.87. The number of nitrogens with zero attached hydrogens (tertiary/aromatic N) is 1. The third-order valence-electron chi connectivity index (χ3n) is 2.87. The van der Waals surface area contributed by atoms with Crippen LogP contribution in [-0.4, -0.2) is 26.2 Å². The molecule has 0 aliphatic carbocycles. The number of ether oxygens (including phenoxy) is 2. The molecule has 0 radical (unpaired) electrons. The maximum absolute atomic E-state index is 10.8. The fourth-order valence-corrected chi connectivity index (χ4v) is 2.13. The summed E-state index contributed by atoms with van der Waals surface area (Å²) in [6, 6.07) is 5.67. The minimum Gasteiger partial charge on any atom is -0.493 e. The maximum Gasteiger partial charge on any atom is 0.255 e. The van der Waals surface area contributed by atoms with Gasteiger partial charge >= 0.3 is 0 Å². The predicted molar refractivity (Wildman–Crippen MR) is 83.9 cm³/mol. The summed E-state index contributed by atoms with van der Waals surface area (Å²) < 4.78 is 10.5. The second-order valence-electron chi connectivity index (χ2n) is 4.66. The van der Waals surface area contributed by atoms with E-state index in [0.717, 1.165) is 24.9 Å². The summed E-state index contributed by atoms with van der Waals surface area (Å²) in [5, 5.41) is 12.1. The van der Waals surface area contributed by atoms with Crippen LogP contribution in [0.3, 0.4) is 0 Å². The van der Waals surface area contributed by atoms with Crippen molar-refractivity contribution in [3.05, 3.63) is 22.7 Å². The van der Waals surface area contributed by atoms with Crippen molar-refractivity contribution in [1.29, 1.82) is 5.26 Å². The lowest BCUT2D eigenvalue weighted by molar-refractivity contribution is -0.119.